The van der Waals surface area contributed by atoms with Crippen LogP contribution in [0.3, 0.4) is 0 Å². The minimum absolute atomic E-state index is 0.104. The lowest BCUT2D eigenvalue weighted by atomic mass is 9.84. The van der Waals surface area contributed by atoms with Gasteiger partial charge >= 0.3 is 0 Å². The van der Waals surface area contributed by atoms with E-state index < -0.39 is 5.82 Å². The third kappa shape index (κ3) is 2.17. The molecular weight excluding hydrogens is 253 g/mol. The molecule has 4 heteroatoms. The van der Waals surface area contributed by atoms with Gasteiger partial charge in [-0.2, -0.15) is 0 Å². The standard InChI is InChI=1S/C14H15ClFNO/c15-11-3-1-8(5-12(11)16)6-14(18)10-7-9-2-4-13(10)17-9/h1,3,5,9-10,13,17H,2,4,6-7H2. The number of halogens is 2. The van der Waals surface area contributed by atoms with Crippen molar-refractivity contribution >= 4 is 17.4 Å². The molecule has 0 aromatic heterocycles. The van der Waals surface area contributed by atoms with E-state index in [2.05, 4.69) is 5.32 Å². The van der Waals surface area contributed by atoms with Crippen molar-refractivity contribution in [1.82, 2.24) is 5.32 Å². The lowest BCUT2D eigenvalue weighted by molar-refractivity contribution is -0.122. The number of Topliss-reactive ketones (excluding diaryl/α,β-unsaturated/α-hetero) is 1. The molecule has 0 saturated carbocycles. The first-order valence-corrected chi connectivity index (χ1v) is 6.74. The molecule has 2 heterocycles. The van der Waals surface area contributed by atoms with Crippen LogP contribution in [0.4, 0.5) is 4.39 Å². The number of ketones is 1. The third-order valence-corrected chi connectivity index (χ3v) is 4.38. The molecular formula is C14H15ClFNO. The molecule has 2 bridgehead atoms. The highest BCUT2D eigenvalue weighted by molar-refractivity contribution is 6.30. The number of benzene rings is 1. The molecule has 3 atom stereocenters. The van der Waals surface area contributed by atoms with Crippen LogP contribution in [-0.4, -0.2) is 17.9 Å². The number of hydrogen-bond donors (Lipinski definition) is 1. The van der Waals surface area contributed by atoms with Crippen molar-refractivity contribution in [2.75, 3.05) is 0 Å². The van der Waals surface area contributed by atoms with Crippen LogP contribution in [0.5, 0.6) is 0 Å². The predicted octanol–water partition coefficient (Wildman–Crippen LogP) is 2.73. The van der Waals surface area contributed by atoms with Gasteiger partial charge in [0.25, 0.3) is 0 Å². The number of carbonyl (C=O) groups excluding carboxylic acids is 1. The smallest absolute Gasteiger partial charge is 0.142 e. The minimum Gasteiger partial charge on any atom is -0.310 e. The number of carbonyl (C=O) groups is 1. The van der Waals surface area contributed by atoms with Crippen molar-refractivity contribution in [3.05, 3.63) is 34.6 Å². The van der Waals surface area contributed by atoms with Crippen molar-refractivity contribution in [3.8, 4) is 0 Å². The molecule has 3 rings (SSSR count). The lowest BCUT2D eigenvalue weighted by Gasteiger charge is -2.18. The zero-order valence-electron chi connectivity index (χ0n) is 9.96. The molecule has 2 saturated heterocycles. The van der Waals surface area contributed by atoms with E-state index in [1.165, 1.54) is 18.6 Å². The molecule has 96 valence electrons. The summed E-state index contributed by atoms with van der Waals surface area (Å²) in [6, 6.07) is 5.47. The van der Waals surface area contributed by atoms with Gasteiger partial charge in [0.15, 0.2) is 0 Å². The Hall–Kier alpha value is -0.930. The van der Waals surface area contributed by atoms with E-state index in [-0.39, 0.29) is 16.7 Å². The van der Waals surface area contributed by atoms with Crippen LogP contribution in [0.2, 0.25) is 5.02 Å². The monoisotopic (exact) mass is 267 g/mol. The Labute approximate surface area is 111 Å². The lowest BCUT2D eigenvalue weighted by Crippen LogP contribution is -2.29. The minimum atomic E-state index is -0.451. The zero-order chi connectivity index (χ0) is 12.7. The quantitative estimate of drug-likeness (QED) is 0.912. The van der Waals surface area contributed by atoms with Crippen molar-refractivity contribution in [1.29, 1.82) is 0 Å². The Morgan fingerprint density at radius 1 is 1.44 bits per heavy atom. The molecule has 2 fully saturated rings. The summed E-state index contributed by atoms with van der Waals surface area (Å²) in [6.45, 7) is 0. The summed E-state index contributed by atoms with van der Waals surface area (Å²) in [6.07, 6.45) is 3.53. The summed E-state index contributed by atoms with van der Waals surface area (Å²) in [4.78, 5) is 12.2. The van der Waals surface area contributed by atoms with Gasteiger partial charge in [0.05, 0.1) is 5.02 Å². The number of nitrogens with one attached hydrogen (secondary N) is 1. The Bertz CT molecular complexity index is 491. The van der Waals surface area contributed by atoms with Gasteiger partial charge in [0, 0.05) is 24.4 Å². The second-order valence-corrected chi connectivity index (χ2v) is 5.69. The predicted molar refractivity (Wildman–Crippen MR) is 68.2 cm³/mol. The van der Waals surface area contributed by atoms with Gasteiger partial charge in [0.1, 0.15) is 11.6 Å². The molecule has 1 aromatic carbocycles. The summed E-state index contributed by atoms with van der Waals surface area (Å²) in [5.74, 6) is -0.119. The van der Waals surface area contributed by atoms with Crippen molar-refractivity contribution < 1.29 is 9.18 Å². The van der Waals surface area contributed by atoms with Crippen LogP contribution in [0.25, 0.3) is 0 Å². The fourth-order valence-corrected chi connectivity index (χ4v) is 3.28. The van der Waals surface area contributed by atoms with E-state index in [9.17, 15) is 9.18 Å². The maximum atomic E-state index is 13.3. The maximum absolute atomic E-state index is 13.3. The Balaban J connectivity index is 1.69. The van der Waals surface area contributed by atoms with Crippen molar-refractivity contribution in [3.63, 3.8) is 0 Å². The van der Waals surface area contributed by atoms with E-state index >= 15 is 0 Å². The average Bonchev–Trinajstić information content (AvgIpc) is 2.96. The fraction of sp³-hybridized carbons (Fsp3) is 0.500. The van der Waals surface area contributed by atoms with E-state index in [4.69, 9.17) is 11.6 Å². The molecule has 1 N–H and O–H groups in total. The van der Waals surface area contributed by atoms with Gasteiger partial charge in [0.2, 0.25) is 0 Å². The molecule has 2 aliphatic heterocycles. The summed E-state index contributed by atoms with van der Waals surface area (Å²) in [5.41, 5.74) is 0.713. The highest BCUT2D eigenvalue weighted by Crippen LogP contribution is 2.34. The second kappa shape index (κ2) is 4.63. The highest BCUT2D eigenvalue weighted by atomic mass is 35.5. The first kappa shape index (κ1) is 12.1. The molecule has 0 amide bonds. The van der Waals surface area contributed by atoms with Gasteiger partial charge in [-0.1, -0.05) is 17.7 Å². The molecule has 0 aliphatic carbocycles. The van der Waals surface area contributed by atoms with E-state index in [1.807, 2.05) is 0 Å². The Kier molecular flexibility index (Phi) is 3.12. The molecule has 0 radical (unpaired) electrons. The van der Waals surface area contributed by atoms with Crippen LogP contribution in [-0.2, 0) is 11.2 Å². The fourth-order valence-electron chi connectivity index (χ4n) is 3.16. The van der Waals surface area contributed by atoms with Gasteiger partial charge in [-0.3, -0.25) is 4.79 Å². The highest BCUT2D eigenvalue weighted by Gasteiger charge is 2.42. The summed E-state index contributed by atoms with van der Waals surface area (Å²) in [5, 5.41) is 3.55. The number of rotatable bonds is 3. The largest absolute Gasteiger partial charge is 0.310 e. The van der Waals surface area contributed by atoms with Crippen LogP contribution < -0.4 is 5.32 Å². The summed E-state index contributed by atoms with van der Waals surface area (Å²) in [7, 11) is 0. The topological polar surface area (TPSA) is 29.1 Å². The molecule has 2 aliphatic rings. The van der Waals surface area contributed by atoms with Crippen molar-refractivity contribution in [2.45, 2.75) is 37.8 Å². The summed E-state index contributed by atoms with van der Waals surface area (Å²) < 4.78 is 13.3. The molecule has 3 unspecified atom stereocenters. The second-order valence-electron chi connectivity index (χ2n) is 5.28. The zero-order valence-corrected chi connectivity index (χ0v) is 10.7. The van der Waals surface area contributed by atoms with Gasteiger partial charge in [-0.25, -0.2) is 4.39 Å². The first-order chi connectivity index (χ1) is 8.63. The average molecular weight is 268 g/mol. The van der Waals surface area contributed by atoms with E-state index in [1.54, 1.807) is 6.07 Å². The molecule has 18 heavy (non-hydrogen) atoms. The van der Waals surface area contributed by atoms with Gasteiger partial charge in [-0.05, 0) is 37.0 Å². The number of fused-ring (bicyclic) bond motifs is 2. The van der Waals surface area contributed by atoms with Crippen LogP contribution in [0, 0.1) is 11.7 Å². The first-order valence-electron chi connectivity index (χ1n) is 6.36. The maximum Gasteiger partial charge on any atom is 0.142 e. The van der Waals surface area contributed by atoms with Crippen LogP contribution >= 0.6 is 11.6 Å². The Morgan fingerprint density at radius 2 is 2.28 bits per heavy atom. The SMILES string of the molecule is O=C(Cc1ccc(Cl)c(F)c1)C1CC2CCC1N2. The van der Waals surface area contributed by atoms with Crippen LogP contribution in [0.1, 0.15) is 24.8 Å². The van der Waals surface area contributed by atoms with Crippen molar-refractivity contribution in [2.24, 2.45) is 5.92 Å². The molecule has 2 nitrogen and oxygen atoms in total. The summed E-state index contributed by atoms with van der Waals surface area (Å²) >= 11 is 5.63. The Morgan fingerprint density at radius 3 is 2.89 bits per heavy atom. The third-order valence-electron chi connectivity index (χ3n) is 4.08. The van der Waals surface area contributed by atoms with E-state index in [0.717, 1.165) is 12.8 Å². The van der Waals surface area contributed by atoms with E-state index in [0.29, 0.717) is 24.1 Å². The molecule has 1 aromatic rings. The van der Waals surface area contributed by atoms with Gasteiger partial charge < -0.3 is 5.32 Å². The van der Waals surface area contributed by atoms with Gasteiger partial charge in [-0.15, -0.1) is 0 Å². The van der Waals surface area contributed by atoms with Crippen LogP contribution in [0.15, 0.2) is 18.2 Å². The molecule has 0 spiro atoms. The number of hydrogen-bond acceptors (Lipinski definition) is 2. The normalized spacial score (nSPS) is 29.8.